The molecule has 0 spiro atoms. The third-order valence-electron chi connectivity index (χ3n) is 3.96. The molecule has 0 aliphatic heterocycles. The Morgan fingerprint density at radius 3 is 2.35 bits per heavy atom. The van der Waals surface area contributed by atoms with Crippen molar-refractivity contribution in [1.82, 2.24) is 4.72 Å². The Kier molecular flexibility index (Phi) is 4.23. The molecular formula is C15H23NO3S. The second-order valence-corrected chi connectivity index (χ2v) is 8.18. The Hall–Kier alpha value is -0.910. The van der Waals surface area contributed by atoms with Gasteiger partial charge < -0.3 is 5.11 Å². The number of aliphatic hydroxyl groups excluding tert-OH is 1. The van der Waals surface area contributed by atoms with Crippen molar-refractivity contribution >= 4 is 10.0 Å². The van der Waals surface area contributed by atoms with Crippen LogP contribution in [0.4, 0.5) is 0 Å². The summed E-state index contributed by atoms with van der Waals surface area (Å²) in [6, 6.07) is 6.41. The van der Waals surface area contributed by atoms with Gasteiger partial charge in [-0.15, -0.1) is 0 Å². The molecule has 2 N–H and O–H groups in total. The molecule has 1 aliphatic rings. The van der Waals surface area contributed by atoms with Crippen molar-refractivity contribution < 1.29 is 13.5 Å². The van der Waals surface area contributed by atoms with E-state index in [1.54, 1.807) is 31.2 Å². The topological polar surface area (TPSA) is 66.4 Å². The number of hydrogen-bond donors (Lipinski definition) is 2. The molecule has 0 radical (unpaired) electrons. The largest absolute Gasteiger partial charge is 0.389 e. The van der Waals surface area contributed by atoms with Gasteiger partial charge in [-0.05, 0) is 49.3 Å². The first-order valence-electron chi connectivity index (χ1n) is 7.00. The summed E-state index contributed by atoms with van der Waals surface area (Å²) in [6.45, 7) is 5.99. The van der Waals surface area contributed by atoms with E-state index < -0.39 is 16.1 Å². The predicted molar refractivity (Wildman–Crippen MR) is 78.8 cm³/mol. The van der Waals surface area contributed by atoms with Gasteiger partial charge in [-0.25, -0.2) is 13.1 Å². The van der Waals surface area contributed by atoms with E-state index in [1.165, 1.54) is 0 Å². The van der Waals surface area contributed by atoms with Gasteiger partial charge in [-0.3, -0.25) is 0 Å². The number of rotatable bonds is 4. The molecular weight excluding hydrogens is 274 g/mol. The zero-order valence-corrected chi connectivity index (χ0v) is 13.1. The van der Waals surface area contributed by atoms with Gasteiger partial charge in [0.05, 0.1) is 11.0 Å². The maximum absolute atomic E-state index is 12.3. The van der Waals surface area contributed by atoms with Crippen molar-refractivity contribution in [1.29, 1.82) is 0 Å². The highest BCUT2D eigenvalue weighted by Gasteiger charge is 2.33. The minimum atomic E-state index is -3.47. The van der Waals surface area contributed by atoms with Crippen LogP contribution in [0.25, 0.3) is 0 Å². The standard InChI is InChI=1S/C15H23NO3S/c1-11(17)12-4-6-14(7-5-12)20(18,19)16-13-8-9-15(2,3)10-13/h4-7,11,13,16-17H,8-10H2,1-3H3. The van der Waals surface area contributed by atoms with E-state index in [2.05, 4.69) is 18.6 Å². The maximum atomic E-state index is 12.3. The normalized spacial score (nSPS) is 23.7. The first-order valence-corrected chi connectivity index (χ1v) is 8.48. The van der Waals surface area contributed by atoms with Crippen LogP contribution < -0.4 is 4.72 Å². The Morgan fingerprint density at radius 1 is 1.30 bits per heavy atom. The summed E-state index contributed by atoms with van der Waals surface area (Å²) in [4.78, 5) is 0.256. The van der Waals surface area contributed by atoms with Crippen molar-refractivity contribution in [3.05, 3.63) is 29.8 Å². The van der Waals surface area contributed by atoms with Crippen LogP contribution in [-0.4, -0.2) is 19.6 Å². The lowest BCUT2D eigenvalue weighted by molar-refractivity contribution is 0.199. The van der Waals surface area contributed by atoms with E-state index >= 15 is 0 Å². The number of benzene rings is 1. The molecule has 20 heavy (non-hydrogen) atoms. The van der Waals surface area contributed by atoms with Crippen LogP contribution >= 0.6 is 0 Å². The first kappa shape index (κ1) is 15.5. The van der Waals surface area contributed by atoms with Crippen molar-refractivity contribution in [2.75, 3.05) is 0 Å². The van der Waals surface area contributed by atoms with Crippen molar-refractivity contribution in [3.8, 4) is 0 Å². The quantitative estimate of drug-likeness (QED) is 0.897. The lowest BCUT2D eigenvalue weighted by Crippen LogP contribution is -2.33. The summed E-state index contributed by atoms with van der Waals surface area (Å²) in [5.41, 5.74) is 0.926. The molecule has 1 fully saturated rings. The van der Waals surface area contributed by atoms with Gasteiger partial charge in [-0.2, -0.15) is 0 Å². The predicted octanol–water partition coefficient (Wildman–Crippen LogP) is 2.60. The highest BCUT2D eigenvalue weighted by atomic mass is 32.2. The number of sulfonamides is 1. The highest BCUT2D eigenvalue weighted by Crippen LogP contribution is 2.37. The van der Waals surface area contributed by atoms with Crippen LogP contribution in [-0.2, 0) is 10.0 Å². The minimum absolute atomic E-state index is 0.0199. The number of nitrogens with one attached hydrogen (secondary N) is 1. The molecule has 1 saturated carbocycles. The van der Waals surface area contributed by atoms with Gasteiger partial charge in [0.15, 0.2) is 0 Å². The summed E-state index contributed by atoms with van der Waals surface area (Å²) in [5, 5.41) is 9.44. The zero-order valence-electron chi connectivity index (χ0n) is 12.3. The third-order valence-corrected chi connectivity index (χ3v) is 5.50. The van der Waals surface area contributed by atoms with E-state index in [4.69, 9.17) is 0 Å². The Bertz CT molecular complexity index is 561. The molecule has 0 heterocycles. The Morgan fingerprint density at radius 2 is 1.90 bits per heavy atom. The summed E-state index contributed by atoms with van der Waals surface area (Å²) >= 11 is 0. The molecule has 0 bridgehead atoms. The lowest BCUT2D eigenvalue weighted by Gasteiger charge is -2.18. The summed E-state index contributed by atoms with van der Waals surface area (Å²) in [6.07, 6.45) is 2.22. The average Bonchev–Trinajstić information content (AvgIpc) is 2.68. The van der Waals surface area contributed by atoms with E-state index in [0.717, 1.165) is 19.3 Å². The SMILES string of the molecule is CC(O)c1ccc(S(=O)(=O)NC2CCC(C)(C)C2)cc1. The molecule has 0 amide bonds. The van der Waals surface area contributed by atoms with Gasteiger partial charge >= 0.3 is 0 Å². The molecule has 2 rings (SSSR count). The molecule has 112 valence electrons. The van der Waals surface area contributed by atoms with Crippen LogP contribution in [0.5, 0.6) is 0 Å². The fourth-order valence-electron chi connectivity index (χ4n) is 2.75. The van der Waals surface area contributed by atoms with Crippen molar-refractivity contribution in [3.63, 3.8) is 0 Å². The van der Waals surface area contributed by atoms with Gasteiger partial charge in [0, 0.05) is 6.04 Å². The first-order chi connectivity index (χ1) is 9.20. The van der Waals surface area contributed by atoms with Gasteiger partial charge in [0.25, 0.3) is 0 Å². The fourth-order valence-corrected chi connectivity index (χ4v) is 4.02. The van der Waals surface area contributed by atoms with Gasteiger partial charge in [0.1, 0.15) is 0 Å². The van der Waals surface area contributed by atoms with Crippen LogP contribution in [0.3, 0.4) is 0 Å². The Balaban J connectivity index is 2.11. The molecule has 2 atom stereocenters. The molecule has 5 heteroatoms. The number of aliphatic hydroxyl groups is 1. The molecule has 2 unspecified atom stereocenters. The van der Waals surface area contributed by atoms with Crippen LogP contribution in [0.1, 0.15) is 51.7 Å². The average molecular weight is 297 g/mol. The molecule has 0 saturated heterocycles. The minimum Gasteiger partial charge on any atom is -0.389 e. The lowest BCUT2D eigenvalue weighted by atomic mass is 9.92. The monoisotopic (exact) mass is 297 g/mol. The van der Waals surface area contributed by atoms with Crippen LogP contribution in [0.2, 0.25) is 0 Å². The van der Waals surface area contributed by atoms with Crippen LogP contribution in [0, 0.1) is 5.41 Å². The summed E-state index contributed by atoms with van der Waals surface area (Å²) in [5.74, 6) is 0. The second-order valence-electron chi connectivity index (χ2n) is 6.47. The van der Waals surface area contributed by atoms with Crippen molar-refractivity contribution in [2.24, 2.45) is 5.41 Å². The number of hydrogen-bond acceptors (Lipinski definition) is 3. The van der Waals surface area contributed by atoms with Gasteiger partial charge in [0.2, 0.25) is 10.0 Å². The fraction of sp³-hybridized carbons (Fsp3) is 0.600. The van der Waals surface area contributed by atoms with Crippen molar-refractivity contribution in [2.45, 2.75) is 57.1 Å². The molecule has 1 aromatic rings. The van der Waals surface area contributed by atoms with Crippen LogP contribution in [0.15, 0.2) is 29.2 Å². The molecule has 4 nitrogen and oxygen atoms in total. The van der Waals surface area contributed by atoms with E-state index in [-0.39, 0.29) is 16.4 Å². The summed E-state index contributed by atoms with van der Waals surface area (Å²) < 4.78 is 27.4. The molecule has 1 aromatic carbocycles. The van der Waals surface area contributed by atoms with E-state index in [9.17, 15) is 13.5 Å². The smallest absolute Gasteiger partial charge is 0.240 e. The molecule has 1 aliphatic carbocycles. The van der Waals surface area contributed by atoms with E-state index in [1.807, 2.05) is 0 Å². The van der Waals surface area contributed by atoms with Gasteiger partial charge in [-0.1, -0.05) is 26.0 Å². The second kappa shape index (κ2) is 5.47. The maximum Gasteiger partial charge on any atom is 0.240 e. The van der Waals surface area contributed by atoms with E-state index in [0.29, 0.717) is 5.56 Å². The third kappa shape index (κ3) is 3.59. The molecule has 0 aromatic heterocycles. The summed E-state index contributed by atoms with van der Waals surface area (Å²) in [7, 11) is -3.47. The highest BCUT2D eigenvalue weighted by molar-refractivity contribution is 7.89. The zero-order chi connectivity index (χ0) is 15.0. The Labute approximate surface area is 121 Å².